The van der Waals surface area contributed by atoms with Crippen LogP contribution >= 0.6 is 0 Å². The molecule has 3 aliphatic rings. The van der Waals surface area contributed by atoms with Crippen LogP contribution in [0.15, 0.2) is 0 Å². The fourth-order valence-electron chi connectivity index (χ4n) is 5.15. The van der Waals surface area contributed by atoms with Gasteiger partial charge in [-0.3, -0.25) is 0 Å². The predicted molar refractivity (Wildman–Crippen MR) is 69.2 cm³/mol. The van der Waals surface area contributed by atoms with Crippen LogP contribution in [0.5, 0.6) is 0 Å². The lowest BCUT2D eigenvalue weighted by molar-refractivity contribution is 0.00672. The van der Waals surface area contributed by atoms with Gasteiger partial charge in [-0.15, -0.1) is 0 Å². The summed E-state index contributed by atoms with van der Waals surface area (Å²) >= 11 is 0. The van der Waals surface area contributed by atoms with Crippen molar-refractivity contribution in [3.8, 4) is 6.07 Å². The van der Waals surface area contributed by atoms with E-state index in [1.807, 2.05) is 0 Å². The molecule has 3 fully saturated rings. The lowest BCUT2D eigenvalue weighted by Gasteiger charge is -2.49. The van der Waals surface area contributed by atoms with Crippen molar-refractivity contribution in [2.45, 2.75) is 58.3 Å². The van der Waals surface area contributed by atoms with Crippen molar-refractivity contribution in [3.05, 3.63) is 0 Å². The van der Waals surface area contributed by atoms with Gasteiger partial charge in [-0.1, -0.05) is 13.3 Å². The fourth-order valence-corrected chi connectivity index (χ4v) is 5.15. The molecule has 94 valence electrons. The van der Waals surface area contributed by atoms with Gasteiger partial charge in [-0.05, 0) is 74.5 Å². The van der Waals surface area contributed by atoms with Crippen LogP contribution in [0.25, 0.3) is 0 Å². The Morgan fingerprint density at radius 2 is 1.47 bits per heavy atom. The Balaban J connectivity index is 1.70. The minimum Gasteiger partial charge on any atom is -0.198 e. The maximum Gasteiger partial charge on any atom is 0.0655 e. The van der Waals surface area contributed by atoms with Crippen LogP contribution in [-0.4, -0.2) is 0 Å². The molecule has 17 heavy (non-hydrogen) atoms. The van der Waals surface area contributed by atoms with Crippen molar-refractivity contribution in [3.63, 3.8) is 0 Å². The van der Waals surface area contributed by atoms with Crippen LogP contribution in [0.1, 0.15) is 58.3 Å². The summed E-state index contributed by atoms with van der Waals surface area (Å²) in [4.78, 5) is 0. The highest BCUT2D eigenvalue weighted by atomic mass is 14.5. The van der Waals surface area contributed by atoms with Crippen molar-refractivity contribution >= 4 is 0 Å². The van der Waals surface area contributed by atoms with E-state index in [1.54, 1.807) is 0 Å². The molecule has 4 unspecified atom stereocenters. The van der Waals surface area contributed by atoms with Crippen LogP contribution in [0.2, 0.25) is 0 Å². The lowest BCUT2D eigenvalue weighted by atomic mass is 9.55. The minimum absolute atomic E-state index is 0.385. The average molecular weight is 231 g/mol. The highest BCUT2D eigenvalue weighted by molar-refractivity contribution is 4.97. The van der Waals surface area contributed by atoms with Crippen molar-refractivity contribution in [2.24, 2.45) is 35.5 Å². The van der Waals surface area contributed by atoms with Gasteiger partial charge in [0.25, 0.3) is 0 Å². The summed E-state index contributed by atoms with van der Waals surface area (Å²) in [5, 5.41) is 9.10. The van der Waals surface area contributed by atoms with Crippen LogP contribution in [-0.2, 0) is 0 Å². The highest BCUT2D eigenvalue weighted by Crippen LogP contribution is 2.53. The summed E-state index contributed by atoms with van der Waals surface area (Å²) in [5.74, 6) is 5.33. The van der Waals surface area contributed by atoms with E-state index in [0.29, 0.717) is 5.92 Å². The monoisotopic (exact) mass is 231 g/mol. The Labute approximate surface area is 106 Å². The van der Waals surface area contributed by atoms with E-state index >= 15 is 0 Å². The van der Waals surface area contributed by atoms with Gasteiger partial charge >= 0.3 is 0 Å². The fraction of sp³-hybridized carbons (Fsp3) is 0.938. The van der Waals surface area contributed by atoms with Crippen LogP contribution in [0.3, 0.4) is 0 Å². The van der Waals surface area contributed by atoms with Gasteiger partial charge in [0.2, 0.25) is 0 Å². The van der Waals surface area contributed by atoms with E-state index in [-0.39, 0.29) is 0 Å². The van der Waals surface area contributed by atoms with E-state index in [9.17, 15) is 0 Å². The van der Waals surface area contributed by atoms with Gasteiger partial charge in [0.1, 0.15) is 0 Å². The normalized spacial score (nSPS) is 49.9. The molecule has 0 radical (unpaired) electrons. The highest BCUT2D eigenvalue weighted by Gasteiger charge is 2.43. The molecule has 3 saturated carbocycles. The maximum absolute atomic E-state index is 9.10. The van der Waals surface area contributed by atoms with Crippen LogP contribution in [0.4, 0.5) is 0 Å². The number of rotatable bonds is 0. The molecule has 0 amide bonds. The zero-order chi connectivity index (χ0) is 11.8. The number of nitriles is 1. The molecule has 3 aliphatic carbocycles. The third kappa shape index (κ3) is 2.12. The molecule has 0 saturated heterocycles. The molecule has 0 bridgehead atoms. The summed E-state index contributed by atoms with van der Waals surface area (Å²) in [7, 11) is 0. The van der Waals surface area contributed by atoms with E-state index in [1.165, 1.54) is 51.4 Å². The number of nitrogens with zero attached hydrogens (tertiary/aromatic N) is 1. The largest absolute Gasteiger partial charge is 0.198 e. The van der Waals surface area contributed by atoms with Gasteiger partial charge in [0, 0.05) is 5.92 Å². The minimum atomic E-state index is 0.385. The van der Waals surface area contributed by atoms with Gasteiger partial charge in [0.15, 0.2) is 0 Å². The second-order valence-electron chi connectivity index (χ2n) is 6.98. The lowest BCUT2D eigenvalue weighted by Crippen LogP contribution is -2.41. The first-order valence-electron chi connectivity index (χ1n) is 7.67. The standard InChI is InChI=1S/C16H25N/c1-11-2-6-15-13(8-11)4-5-14-9-12(10-17)3-7-16(14)15/h11-16H,2-9H2,1H3/t11-,12-,13?,14?,15?,16?/m1/s1. The zero-order valence-electron chi connectivity index (χ0n) is 11.1. The number of fused-ring (bicyclic) bond motifs is 3. The molecular formula is C16H25N. The van der Waals surface area contributed by atoms with Crippen molar-refractivity contribution in [2.75, 3.05) is 0 Å². The SMILES string of the molecule is C[C@@H]1CCC2C(CCC3C[C@H](C#N)CCC32)C1. The molecular weight excluding hydrogens is 206 g/mol. The maximum atomic E-state index is 9.10. The van der Waals surface area contributed by atoms with E-state index < -0.39 is 0 Å². The first kappa shape index (κ1) is 11.6. The molecule has 0 aromatic rings. The molecule has 6 atom stereocenters. The van der Waals surface area contributed by atoms with Gasteiger partial charge < -0.3 is 0 Å². The Morgan fingerprint density at radius 1 is 0.824 bits per heavy atom. The van der Waals surface area contributed by atoms with E-state index in [2.05, 4.69) is 13.0 Å². The summed E-state index contributed by atoms with van der Waals surface area (Å²) < 4.78 is 0. The van der Waals surface area contributed by atoms with Crippen LogP contribution < -0.4 is 0 Å². The molecule has 0 heterocycles. The molecule has 1 heteroatoms. The third-order valence-corrected chi connectivity index (χ3v) is 5.99. The Kier molecular flexibility index (Phi) is 3.16. The Hall–Kier alpha value is -0.510. The topological polar surface area (TPSA) is 23.8 Å². The number of hydrogen-bond acceptors (Lipinski definition) is 1. The first-order chi connectivity index (χ1) is 8.28. The smallest absolute Gasteiger partial charge is 0.0655 e. The summed E-state index contributed by atoms with van der Waals surface area (Å²) in [5.41, 5.74) is 0. The van der Waals surface area contributed by atoms with Gasteiger partial charge in [0.05, 0.1) is 6.07 Å². The third-order valence-electron chi connectivity index (χ3n) is 5.99. The zero-order valence-corrected chi connectivity index (χ0v) is 11.1. The molecule has 0 spiro atoms. The molecule has 0 aliphatic heterocycles. The second kappa shape index (κ2) is 4.63. The summed E-state index contributed by atoms with van der Waals surface area (Å²) in [6, 6.07) is 2.52. The molecule has 0 aromatic carbocycles. The van der Waals surface area contributed by atoms with Crippen molar-refractivity contribution in [1.29, 1.82) is 5.26 Å². The van der Waals surface area contributed by atoms with Crippen LogP contribution in [0, 0.1) is 46.8 Å². The second-order valence-corrected chi connectivity index (χ2v) is 6.98. The van der Waals surface area contributed by atoms with Gasteiger partial charge in [-0.2, -0.15) is 5.26 Å². The Morgan fingerprint density at radius 3 is 2.18 bits per heavy atom. The van der Waals surface area contributed by atoms with E-state index in [0.717, 1.165) is 29.6 Å². The molecule has 0 N–H and O–H groups in total. The summed E-state index contributed by atoms with van der Waals surface area (Å²) in [6.07, 6.45) is 11.1. The van der Waals surface area contributed by atoms with E-state index in [4.69, 9.17) is 5.26 Å². The average Bonchev–Trinajstić information content (AvgIpc) is 2.37. The summed E-state index contributed by atoms with van der Waals surface area (Å²) in [6.45, 7) is 2.44. The first-order valence-corrected chi connectivity index (χ1v) is 7.67. The predicted octanol–water partition coefficient (Wildman–Crippen LogP) is 4.39. The quantitative estimate of drug-likeness (QED) is 0.606. The molecule has 1 nitrogen and oxygen atoms in total. The number of hydrogen-bond donors (Lipinski definition) is 0. The van der Waals surface area contributed by atoms with Crippen molar-refractivity contribution < 1.29 is 0 Å². The molecule has 3 rings (SSSR count). The van der Waals surface area contributed by atoms with Gasteiger partial charge in [-0.25, -0.2) is 0 Å². The Bertz CT molecular complexity index is 316. The van der Waals surface area contributed by atoms with Crippen molar-refractivity contribution in [1.82, 2.24) is 0 Å². The molecule has 0 aromatic heterocycles.